The van der Waals surface area contributed by atoms with Gasteiger partial charge in [0.15, 0.2) is 0 Å². The second-order valence-electron chi connectivity index (χ2n) is 4.49. The Kier molecular flexibility index (Phi) is 5.25. The van der Waals surface area contributed by atoms with Crippen LogP contribution in [0.5, 0.6) is 0 Å². The van der Waals surface area contributed by atoms with Gasteiger partial charge in [0.25, 0.3) is 0 Å². The van der Waals surface area contributed by atoms with Gasteiger partial charge in [0, 0.05) is 31.4 Å². The summed E-state index contributed by atoms with van der Waals surface area (Å²) < 4.78 is 0. The topological polar surface area (TPSA) is 88.8 Å². The Balaban J connectivity index is 1.96. The van der Waals surface area contributed by atoms with Crippen molar-refractivity contribution in [3.05, 3.63) is 42.0 Å². The van der Waals surface area contributed by atoms with Crippen molar-refractivity contribution in [2.24, 2.45) is 5.84 Å². The van der Waals surface area contributed by atoms with Crippen LogP contribution in [-0.2, 0) is 12.8 Å². The Morgan fingerprint density at radius 2 is 2.05 bits per heavy atom. The third-order valence-electron chi connectivity index (χ3n) is 2.84. The van der Waals surface area contributed by atoms with Crippen molar-refractivity contribution in [3.8, 4) is 0 Å². The van der Waals surface area contributed by atoms with Gasteiger partial charge in [-0.25, -0.2) is 15.8 Å². The molecule has 0 aliphatic carbocycles. The summed E-state index contributed by atoms with van der Waals surface area (Å²) in [6, 6.07) is 5.81. The third-order valence-corrected chi connectivity index (χ3v) is 2.84. The molecule has 6 heteroatoms. The van der Waals surface area contributed by atoms with Crippen LogP contribution in [0, 0.1) is 0 Å². The number of aromatic nitrogens is 3. The maximum Gasteiger partial charge on any atom is 0.145 e. The zero-order valence-corrected chi connectivity index (χ0v) is 11.6. The Labute approximate surface area is 118 Å². The number of pyridine rings is 1. The van der Waals surface area contributed by atoms with Gasteiger partial charge in [0.05, 0.1) is 0 Å². The molecule has 6 nitrogen and oxygen atoms in total. The molecule has 2 aromatic heterocycles. The molecule has 2 rings (SSSR count). The lowest BCUT2D eigenvalue weighted by molar-refractivity contribution is 0.833. The molecule has 0 aliphatic rings. The number of hydrogen-bond acceptors (Lipinski definition) is 6. The number of hydrogen-bond donors (Lipinski definition) is 3. The number of nitrogens with zero attached hydrogens (tertiary/aromatic N) is 3. The fourth-order valence-corrected chi connectivity index (χ4v) is 1.88. The molecule has 0 saturated heterocycles. The molecule has 2 heterocycles. The van der Waals surface area contributed by atoms with E-state index >= 15 is 0 Å². The summed E-state index contributed by atoms with van der Waals surface area (Å²) in [5.74, 6) is 7.65. The second kappa shape index (κ2) is 7.40. The van der Waals surface area contributed by atoms with Crippen molar-refractivity contribution in [1.29, 1.82) is 0 Å². The van der Waals surface area contributed by atoms with Crippen LogP contribution in [0.1, 0.15) is 24.7 Å². The van der Waals surface area contributed by atoms with Crippen molar-refractivity contribution in [2.75, 3.05) is 17.3 Å². The second-order valence-corrected chi connectivity index (χ2v) is 4.49. The lowest BCUT2D eigenvalue weighted by atomic mass is 10.2. The first-order valence-corrected chi connectivity index (χ1v) is 6.79. The fourth-order valence-electron chi connectivity index (χ4n) is 1.88. The summed E-state index contributed by atoms with van der Waals surface area (Å²) in [5.41, 5.74) is 3.77. The van der Waals surface area contributed by atoms with Crippen LogP contribution in [-0.4, -0.2) is 21.5 Å². The van der Waals surface area contributed by atoms with Crippen LogP contribution in [0.3, 0.4) is 0 Å². The molecule has 0 unspecified atom stereocenters. The normalized spacial score (nSPS) is 10.3. The predicted octanol–water partition coefficient (Wildman–Crippen LogP) is 1.76. The van der Waals surface area contributed by atoms with Gasteiger partial charge in [-0.3, -0.25) is 4.98 Å². The molecule has 0 spiro atoms. The Morgan fingerprint density at radius 1 is 1.20 bits per heavy atom. The van der Waals surface area contributed by atoms with Crippen molar-refractivity contribution in [3.63, 3.8) is 0 Å². The first-order valence-electron chi connectivity index (χ1n) is 6.79. The lowest BCUT2D eigenvalue weighted by Crippen LogP contribution is -2.13. The van der Waals surface area contributed by atoms with Gasteiger partial charge in [-0.15, -0.1) is 0 Å². The molecule has 20 heavy (non-hydrogen) atoms. The van der Waals surface area contributed by atoms with E-state index in [4.69, 9.17) is 5.84 Å². The molecular formula is C14H20N6. The maximum atomic E-state index is 5.43. The van der Waals surface area contributed by atoms with Crippen LogP contribution in [0.25, 0.3) is 0 Å². The molecular weight excluding hydrogens is 252 g/mol. The van der Waals surface area contributed by atoms with Gasteiger partial charge >= 0.3 is 0 Å². The summed E-state index contributed by atoms with van der Waals surface area (Å²) in [6.07, 6.45) is 6.39. The van der Waals surface area contributed by atoms with E-state index in [1.807, 2.05) is 18.3 Å². The highest BCUT2D eigenvalue weighted by molar-refractivity contribution is 5.46. The van der Waals surface area contributed by atoms with E-state index in [0.717, 1.165) is 37.4 Å². The van der Waals surface area contributed by atoms with Crippen molar-refractivity contribution in [1.82, 2.24) is 15.0 Å². The average molecular weight is 272 g/mol. The average Bonchev–Trinajstić information content (AvgIpc) is 2.48. The minimum atomic E-state index is 0.632. The highest BCUT2D eigenvalue weighted by Gasteiger charge is 2.03. The van der Waals surface area contributed by atoms with Gasteiger partial charge in [-0.05, 0) is 24.5 Å². The van der Waals surface area contributed by atoms with Crippen molar-refractivity contribution < 1.29 is 0 Å². The fraction of sp³-hybridized carbons (Fsp3) is 0.357. The number of aryl methyl sites for hydroxylation is 1. The Morgan fingerprint density at radius 3 is 2.75 bits per heavy atom. The van der Waals surface area contributed by atoms with Gasteiger partial charge in [0.2, 0.25) is 0 Å². The number of nitrogen functional groups attached to an aromatic ring is 1. The molecule has 0 atom stereocenters. The molecule has 4 N–H and O–H groups in total. The molecule has 0 aromatic carbocycles. The summed E-state index contributed by atoms with van der Waals surface area (Å²) in [5, 5.41) is 3.29. The highest BCUT2D eigenvalue weighted by Crippen LogP contribution is 2.11. The number of rotatable bonds is 7. The van der Waals surface area contributed by atoms with Crippen LogP contribution < -0.4 is 16.6 Å². The van der Waals surface area contributed by atoms with Gasteiger partial charge < -0.3 is 10.7 Å². The van der Waals surface area contributed by atoms with Crippen LogP contribution in [0.2, 0.25) is 0 Å². The molecule has 0 fully saturated rings. The van der Waals surface area contributed by atoms with Crippen LogP contribution in [0.4, 0.5) is 11.6 Å². The van der Waals surface area contributed by atoms with E-state index in [9.17, 15) is 0 Å². The number of nitrogens with one attached hydrogen (secondary N) is 2. The Hall–Kier alpha value is -2.21. The smallest absolute Gasteiger partial charge is 0.145 e. The van der Waals surface area contributed by atoms with E-state index in [2.05, 4.69) is 38.7 Å². The first-order chi connectivity index (χ1) is 9.81. The maximum absolute atomic E-state index is 5.43. The van der Waals surface area contributed by atoms with E-state index < -0.39 is 0 Å². The van der Waals surface area contributed by atoms with Crippen LogP contribution in [0.15, 0.2) is 30.6 Å². The zero-order valence-electron chi connectivity index (χ0n) is 11.6. The number of anilines is 2. The summed E-state index contributed by atoms with van der Waals surface area (Å²) in [6.45, 7) is 2.89. The van der Waals surface area contributed by atoms with E-state index in [1.165, 1.54) is 5.56 Å². The summed E-state index contributed by atoms with van der Waals surface area (Å²) in [7, 11) is 0. The van der Waals surface area contributed by atoms with E-state index in [1.54, 1.807) is 6.20 Å². The zero-order chi connectivity index (χ0) is 14.2. The number of nitrogens with two attached hydrogens (primary N) is 1. The molecule has 106 valence electrons. The minimum absolute atomic E-state index is 0.632. The molecule has 2 aromatic rings. The van der Waals surface area contributed by atoms with Crippen LogP contribution >= 0.6 is 0 Å². The SMILES string of the molecule is CCCc1nc(NN)cc(NCCc2cccnc2)n1. The molecule has 0 bridgehead atoms. The van der Waals surface area contributed by atoms with Gasteiger partial charge in [0.1, 0.15) is 17.5 Å². The molecule has 0 amide bonds. The monoisotopic (exact) mass is 272 g/mol. The van der Waals surface area contributed by atoms with Crippen molar-refractivity contribution >= 4 is 11.6 Å². The molecule has 0 aliphatic heterocycles. The largest absolute Gasteiger partial charge is 0.370 e. The van der Waals surface area contributed by atoms with Gasteiger partial charge in [-0.2, -0.15) is 0 Å². The standard InChI is InChI=1S/C14H20N6/c1-2-4-12-18-13(9-14(19-12)20-15)17-8-6-11-5-3-7-16-10-11/h3,5,7,9-10H,2,4,6,8,15H2,1H3,(H2,17,18,19,20). The quantitative estimate of drug-likeness (QED) is 0.526. The predicted molar refractivity (Wildman–Crippen MR) is 80.3 cm³/mol. The first kappa shape index (κ1) is 14.2. The van der Waals surface area contributed by atoms with E-state index in [-0.39, 0.29) is 0 Å². The number of hydrazine groups is 1. The van der Waals surface area contributed by atoms with E-state index in [0.29, 0.717) is 5.82 Å². The Bertz CT molecular complexity index is 528. The summed E-state index contributed by atoms with van der Waals surface area (Å²) in [4.78, 5) is 12.9. The minimum Gasteiger partial charge on any atom is -0.370 e. The highest BCUT2D eigenvalue weighted by atomic mass is 15.3. The summed E-state index contributed by atoms with van der Waals surface area (Å²) >= 11 is 0. The van der Waals surface area contributed by atoms with Crippen molar-refractivity contribution in [2.45, 2.75) is 26.2 Å². The lowest BCUT2D eigenvalue weighted by Gasteiger charge is -2.09. The third kappa shape index (κ3) is 4.17. The molecule has 0 radical (unpaired) electrons. The van der Waals surface area contributed by atoms with Gasteiger partial charge in [-0.1, -0.05) is 13.0 Å². The molecule has 0 saturated carbocycles.